The zero-order chi connectivity index (χ0) is 16.7. The summed E-state index contributed by atoms with van der Waals surface area (Å²) >= 11 is 0. The fourth-order valence-electron chi connectivity index (χ4n) is 3.28. The molecule has 1 unspecified atom stereocenters. The number of hydrogen-bond acceptors (Lipinski definition) is 3. The molecule has 0 aliphatic carbocycles. The average Bonchev–Trinajstić information content (AvgIpc) is 3.09. The molecule has 1 amide bonds. The van der Waals surface area contributed by atoms with Gasteiger partial charge in [0.25, 0.3) is 0 Å². The molecule has 144 valence electrons. The van der Waals surface area contributed by atoms with Crippen molar-refractivity contribution in [2.75, 3.05) is 19.6 Å². The molecule has 1 heterocycles. The van der Waals surface area contributed by atoms with Gasteiger partial charge in [-0.05, 0) is 50.0 Å². The van der Waals surface area contributed by atoms with Gasteiger partial charge in [0.05, 0.1) is 5.54 Å². The number of rotatable bonds is 8. The molecule has 0 radical (unpaired) electrons. The van der Waals surface area contributed by atoms with Gasteiger partial charge in [-0.3, -0.25) is 9.69 Å². The van der Waals surface area contributed by atoms with Gasteiger partial charge in [0, 0.05) is 13.1 Å². The van der Waals surface area contributed by atoms with Crippen LogP contribution in [0.2, 0.25) is 0 Å². The van der Waals surface area contributed by atoms with Gasteiger partial charge in [0.1, 0.15) is 0 Å². The second-order valence-electron chi connectivity index (χ2n) is 6.43. The van der Waals surface area contributed by atoms with Crippen LogP contribution in [0.15, 0.2) is 24.3 Å². The van der Waals surface area contributed by atoms with Gasteiger partial charge >= 0.3 is 0 Å². The SMILES string of the molecule is CCN(CC)Cc1ccc(CNC(=O)C2(CC)CCCN2)cc1.Cl.Cl. The maximum Gasteiger partial charge on any atom is 0.240 e. The van der Waals surface area contributed by atoms with Crippen molar-refractivity contribution in [2.45, 2.75) is 58.7 Å². The summed E-state index contributed by atoms with van der Waals surface area (Å²) in [5.74, 6) is 0.143. The average molecular weight is 390 g/mol. The minimum absolute atomic E-state index is 0. The Morgan fingerprint density at radius 3 is 2.20 bits per heavy atom. The molecule has 6 heteroatoms. The van der Waals surface area contributed by atoms with E-state index in [-0.39, 0.29) is 36.3 Å². The molecule has 1 aliphatic heterocycles. The van der Waals surface area contributed by atoms with E-state index in [4.69, 9.17) is 0 Å². The first-order chi connectivity index (χ1) is 11.1. The molecule has 0 spiro atoms. The van der Waals surface area contributed by atoms with Gasteiger partial charge in [-0.15, -0.1) is 24.8 Å². The van der Waals surface area contributed by atoms with Crippen LogP contribution in [0, 0.1) is 0 Å². The van der Waals surface area contributed by atoms with E-state index in [2.05, 4.69) is 60.6 Å². The Morgan fingerprint density at radius 1 is 1.12 bits per heavy atom. The zero-order valence-corrected chi connectivity index (χ0v) is 17.3. The van der Waals surface area contributed by atoms with Gasteiger partial charge in [0.2, 0.25) is 5.91 Å². The van der Waals surface area contributed by atoms with Crippen molar-refractivity contribution in [3.63, 3.8) is 0 Å². The Kier molecular flexibility index (Phi) is 11.4. The number of nitrogens with one attached hydrogen (secondary N) is 2. The monoisotopic (exact) mass is 389 g/mol. The van der Waals surface area contributed by atoms with Crippen molar-refractivity contribution in [3.8, 4) is 0 Å². The van der Waals surface area contributed by atoms with Crippen molar-refractivity contribution in [3.05, 3.63) is 35.4 Å². The van der Waals surface area contributed by atoms with Crippen LogP contribution in [0.3, 0.4) is 0 Å². The number of carbonyl (C=O) groups excluding carboxylic acids is 1. The number of benzene rings is 1. The lowest BCUT2D eigenvalue weighted by molar-refractivity contribution is -0.127. The molecule has 2 rings (SSSR count). The molecule has 2 N–H and O–H groups in total. The van der Waals surface area contributed by atoms with Crippen LogP contribution in [0.4, 0.5) is 0 Å². The highest BCUT2D eigenvalue weighted by atomic mass is 35.5. The first-order valence-electron chi connectivity index (χ1n) is 8.97. The molecule has 0 aromatic heterocycles. The number of halogens is 2. The Balaban J connectivity index is 0.00000288. The summed E-state index contributed by atoms with van der Waals surface area (Å²) in [6.07, 6.45) is 2.88. The van der Waals surface area contributed by atoms with Gasteiger partial charge in [-0.25, -0.2) is 0 Å². The third kappa shape index (κ3) is 6.45. The lowest BCUT2D eigenvalue weighted by Gasteiger charge is -2.26. The van der Waals surface area contributed by atoms with E-state index in [1.807, 2.05) is 0 Å². The van der Waals surface area contributed by atoms with Crippen LogP contribution >= 0.6 is 24.8 Å². The normalized spacial score (nSPS) is 19.2. The third-order valence-electron chi connectivity index (χ3n) is 5.06. The summed E-state index contributed by atoms with van der Waals surface area (Å²) < 4.78 is 0. The van der Waals surface area contributed by atoms with Crippen LogP contribution < -0.4 is 10.6 Å². The van der Waals surface area contributed by atoms with E-state index in [0.29, 0.717) is 6.54 Å². The molecular formula is C19H33Cl2N3O. The highest BCUT2D eigenvalue weighted by Crippen LogP contribution is 2.23. The molecule has 0 bridgehead atoms. The number of carbonyl (C=O) groups is 1. The lowest BCUT2D eigenvalue weighted by atomic mass is 9.93. The molecule has 1 aliphatic rings. The Morgan fingerprint density at radius 2 is 1.72 bits per heavy atom. The molecule has 1 atom stereocenters. The predicted molar refractivity (Wildman–Crippen MR) is 110 cm³/mol. The van der Waals surface area contributed by atoms with Crippen molar-refractivity contribution in [1.29, 1.82) is 0 Å². The fraction of sp³-hybridized carbons (Fsp3) is 0.632. The van der Waals surface area contributed by atoms with Gasteiger partial charge in [-0.2, -0.15) is 0 Å². The Bertz CT molecular complexity index is 498. The van der Waals surface area contributed by atoms with Gasteiger partial charge < -0.3 is 10.6 Å². The van der Waals surface area contributed by atoms with E-state index >= 15 is 0 Å². The van der Waals surface area contributed by atoms with Gasteiger partial charge in [-0.1, -0.05) is 45.0 Å². The minimum Gasteiger partial charge on any atom is -0.350 e. The van der Waals surface area contributed by atoms with E-state index in [1.165, 1.54) is 5.56 Å². The first-order valence-corrected chi connectivity index (χ1v) is 8.97. The highest BCUT2D eigenvalue weighted by Gasteiger charge is 2.38. The maximum absolute atomic E-state index is 12.5. The van der Waals surface area contributed by atoms with Crippen LogP contribution in [-0.4, -0.2) is 36.0 Å². The van der Waals surface area contributed by atoms with Crippen LogP contribution in [-0.2, 0) is 17.9 Å². The predicted octanol–water partition coefficient (Wildman–Crippen LogP) is 3.52. The van der Waals surface area contributed by atoms with Crippen LogP contribution in [0.25, 0.3) is 0 Å². The van der Waals surface area contributed by atoms with Crippen molar-refractivity contribution in [2.24, 2.45) is 0 Å². The maximum atomic E-state index is 12.5. The number of nitrogens with zero attached hydrogens (tertiary/aromatic N) is 1. The van der Waals surface area contributed by atoms with Crippen molar-refractivity contribution >= 4 is 30.7 Å². The molecular weight excluding hydrogens is 357 g/mol. The van der Waals surface area contributed by atoms with Crippen molar-refractivity contribution < 1.29 is 4.79 Å². The fourth-order valence-corrected chi connectivity index (χ4v) is 3.28. The summed E-state index contributed by atoms with van der Waals surface area (Å²) in [6.45, 7) is 11.1. The summed E-state index contributed by atoms with van der Waals surface area (Å²) in [5.41, 5.74) is 2.14. The van der Waals surface area contributed by atoms with E-state index in [1.54, 1.807) is 0 Å². The second kappa shape index (κ2) is 11.7. The van der Waals surface area contributed by atoms with E-state index < -0.39 is 0 Å². The van der Waals surface area contributed by atoms with Gasteiger partial charge in [0.15, 0.2) is 0 Å². The number of amides is 1. The summed E-state index contributed by atoms with van der Waals surface area (Å²) in [5, 5.41) is 6.49. The van der Waals surface area contributed by atoms with Crippen molar-refractivity contribution in [1.82, 2.24) is 15.5 Å². The zero-order valence-electron chi connectivity index (χ0n) is 15.6. The molecule has 25 heavy (non-hydrogen) atoms. The summed E-state index contributed by atoms with van der Waals surface area (Å²) in [4.78, 5) is 14.9. The first kappa shape index (κ1) is 24.2. The minimum atomic E-state index is -0.345. The molecule has 1 fully saturated rings. The lowest BCUT2D eigenvalue weighted by Crippen LogP contribution is -2.52. The topological polar surface area (TPSA) is 44.4 Å². The number of hydrogen-bond donors (Lipinski definition) is 2. The quantitative estimate of drug-likeness (QED) is 0.714. The Labute approximate surface area is 164 Å². The summed E-state index contributed by atoms with van der Waals surface area (Å²) in [6, 6.07) is 8.59. The Hall–Kier alpha value is -0.810. The molecule has 0 saturated carbocycles. The van der Waals surface area contributed by atoms with Crippen LogP contribution in [0.1, 0.15) is 51.2 Å². The molecule has 1 saturated heterocycles. The summed E-state index contributed by atoms with van der Waals surface area (Å²) in [7, 11) is 0. The smallest absolute Gasteiger partial charge is 0.240 e. The van der Waals surface area contributed by atoms with E-state index in [9.17, 15) is 4.79 Å². The molecule has 1 aromatic carbocycles. The largest absolute Gasteiger partial charge is 0.350 e. The molecule has 4 nitrogen and oxygen atoms in total. The standard InChI is InChI=1S/C19H31N3O.2ClH/c1-4-19(12-7-13-21-19)18(23)20-14-16-8-10-17(11-9-16)15-22(5-2)6-3;;/h8-11,21H,4-7,12-15H2,1-3H3,(H,20,23);2*1H. The third-order valence-corrected chi connectivity index (χ3v) is 5.06. The second-order valence-corrected chi connectivity index (χ2v) is 6.43. The highest BCUT2D eigenvalue weighted by molar-refractivity contribution is 5.86. The van der Waals surface area contributed by atoms with Crippen LogP contribution in [0.5, 0.6) is 0 Å². The van der Waals surface area contributed by atoms with E-state index in [0.717, 1.165) is 51.0 Å². The molecule has 1 aromatic rings.